The lowest BCUT2D eigenvalue weighted by Gasteiger charge is -2.64. The van der Waals surface area contributed by atoms with Crippen LogP contribution in [0.2, 0.25) is 5.02 Å². The molecule has 0 radical (unpaired) electrons. The first kappa shape index (κ1) is 21.7. The van der Waals surface area contributed by atoms with Crippen molar-refractivity contribution in [3.05, 3.63) is 69.7 Å². The molecule has 8 heteroatoms. The molecule has 1 saturated carbocycles. The number of benzene rings is 1. The van der Waals surface area contributed by atoms with Crippen molar-refractivity contribution in [1.29, 1.82) is 0 Å². The molecule has 3 aliphatic carbocycles. The number of hydrogen-bond donors (Lipinski definition) is 2. The van der Waals surface area contributed by atoms with Gasteiger partial charge in [0.05, 0.1) is 28.2 Å². The highest BCUT2D eigenvalue weighted by atomic mass is 35.5. The summed E-state index contributed by atoms with van der Waals surface area (Å²) in [6.07, 6.45) is 4.71. The molecule has 1 aromatic carbocycles. The van der Waals surface area contributed by atoms with Crippen LogP contribution in [0.5, 0.6) is 0 Å². The number of amides is 2. The van der Waals surface area contributed by atoms with Crippen LogP contribution < -0.4 is 0 Å². The number of aliphatic hydroxyl groups is 2. The quantitative estimate of drug-likeness (QED) is 0.491. The molecule has 3 aliphatic heterocycles. The van der Waals surface area contributed by atoms with E-state index >= 15 is 0 Å². The second-order valence-electron chi connectivity index (χ2n) is 10.7. The fourth-order valence-corrected chi connectivity index (χ4v) is 8.25. The number of halogens is 1. The normalized spacial score (nSPS) is 37.4. The predicted octanol–water partition coefficient (Wildman–Crippen LogP) is 3.74. The number of nitrogens with zero attached hydrogens (tertiary/aromatic N) is 2. The summed E-state index contributed by atoms with van der Waals surface area (Å²) in [5.74, 6) is -0.0518. The summed E-state index contributed by atoms with van der Waals surface area (Å²) < 4.78 is 6.54. The molecule has 3 fully saturated rings. The first-order valence-electron chi connectivity index (χ1n) is 12.4. The minimum absolute atomic E-state index is 0.0966. The highest BCUT2D eigenvalue weighted by Gasteiger charge is 2.75. The molecule has 5 atom stereocenters. The fourth-order valence-electron chi connectivity index (χ4n) is 8.08. The zero-order chi connectivity index (χ0) is 24.3. The Bertz CT molecular complexity index is 1290. The summed E-state index contributed by atoms with van der Waals surface area (Å²) in [7, 11) is 0. The Hall–Kier alpha value is -2.61. The Morgan fingerprint density at radius 1 is 1.20 bits per heavy atom. The van der Waals surface area contributed by atoms with Gasteiger partial charge in [0.1, 0.15) is 11.9 Å². The molecule has 0 aromatic heterocycles. The van der Waals surface area contributed by atoms with Crippen LogP contribution in [-0.4, -0.2) is 68.7 Å². The number of rotatable bonds is 3. The van der Waals surface area contributed by atoms with Crippen LogP contribution >= 0.6 is 11.6 Å². The number of hydrogen-bond acceptors (Lipinski definition) is 6. The maximum atomic E-state index is 13.5. The van der Waals surface area contributed by atoms with E-state index in [1.165, 1.54) is 10.5 Å². The third kappa shape index (κ3) is 2.44. The Kier molecular flexibility index (Phi) is 4.33. The minimum Gasteiger partial charge on any atom is -0.508 e. The van der Waals surface area contributed by atoms with Crippen molar-refractivity contribution in [2.24, 2.45) is 5.41 Å². The summed E-state index contributed by atoms with van der Waals surface area (Å²) in [6.45, 7) is 5.35. The van der Waals surface area contributed by atoms with Crippen LogP contribution in [0.4, 0.5) is 0 Å². The monoisotopic (exact) mass is 494 g/mol. The largest absolute Gasteiger partial charge is 0.508 e. The molecule has 2 bridgehead atoms. The lowest BCUT2D eigenvalue weighted by Crippen LogP contribution is -2.75. The van der Waals surface area contributed by atoms with Crippen molar-refractivity contribution in [3.8, 4) is 0 Å². The predicted molar refractivity (Wildman–Crippen MR) is 128 cm³/mol. The standard InChI is InChI=1S/C27H27ClN2O5/c1-2-10-29-11-9-26-21-14-3-6-19(31)22(21)35-23(26)18(7-8-27(26,34)20(29)12-14)30-24(32)16-5-4-15(28)13-17(16)25(30)33/h2,4-5,13,18,20,23,31,34H,1,3,6-12H2/t18-,20-,23+,26+,27?/m1/s1. The number of ether oxygens (including phenoxy) is 1. The van der Waals surface area contributed by atoms with Gasteiger partial charge >= 0.3 is 0 Å². The van der Waals surface area contributed by atoms with E-state index in [0.29, 0.717) is 54.1 Å². The van der Waals surface area contributed by atoms with Crippen LogP contribution in [0.3, 0.4) is 0 Å². The summed E-state index contributed by atoms with van der Waals surface area (Å²) in [4.78, 5) is 30.6. The van der Waals surface area contributed by atoms with Gasteiger partial charge in [-0.25, -0.2) is 0 Å². The molecular formula is C27H27ClN2O5. The highest BCUT2D eigenvalue weighted by molar-refractivity contribution is 6.32. The molecule has 182 valence electrons. The number of carbonyl (C=O) groups excluding carboxylic acids is 2. The topological polar surface area (TPSA) is 90.3 Å². The highest BCUT2D eigenvalue weighted by Crippen LogP contribution is 2.69. The second-order valence-corrected chi connectivity index (χ2v) is 11.2. The summed E-state index contributed by atoms with van der Waals surface area (Å²) in [5, 5.41) is 23.7. The fraction of sp³-hybridized carbons (Fsp3) is 0.481. The summed E-state index contributed by atoms with van der Waals surface area (Å²) in [5.41, 5.74) is 0.946. The number of allylic oxidation sites excluding steroid dienone is 2. The van der Waals surface area contributed by atoms with Crippen molar-refractivity contribution < 1.29 is 24.5 Å². The second kappa shape index (κ2) is 6.99. The molecule has 35 heavy (non-hydrogen) atoms. The number of aliphatic hydroxyl groups excluding tert-OH is 1. The van der Waals surface area contributed by atoms with Gasteiger partial charge in [-0.05, 0) is 56.8 Å². The van der Waals surface area contributed by atoms with Crippen molar-refractivity contribution in [2.75, 3.05) is 13.1 Å². The maximum Gasteiger partial charge on any atom is 0.261 e. The van der Waals surface area contributed by atoms with Crippen LogP contribution in [-0.2, 0) is 4.74 Å². The van der Waals surface area contributed by atoms with Gasteiger partial charge < -0.3 is 14.9 Å². The Labute approximate surface area is 208 Å². The van der Waals surface area contributed by atoms with E-state index in [2.05, 4.69) is 11.5 Å². The first-order valence-corrected chi connectivity index (χ1v) is 12.8. The maximum absolute atomic E-state index is 13.5. The van der Waals surface area contributed by atoms with Crippen LogP contribution in [0.1, 0.15) is 59.2 Å². The van der Waals surface area contributed by atoms with Gasteiger partial charge in [0.25, 0.3) is 11.8 Å². The van der Waals surface area contributed by atoms with Gasteiger partial charge in [-0.15, -0.1) is 6.58 Å². The van der Waals surface area contributed by atoms with E-state index in [-0.39, 0.29) is 23.6 Å². The molecule has 2 saturated heterocycles. The summed E-state index contributed by atoms with van der Waals surface area (Å²) in [6, 6.07) is 4.12. The number of likely N-dealkylation sites (tertiary alicyclic amines) is 1. The average molecular weight is 495 g/mol. The van der Waals surface area contributed by atoms with E-state index in [1.807, 2.05) is 6.08 Å². The van der Waals surface area contributed by atoms with Gasteiger partial charge in [-0.3, -0.25) is 19.4 Å². The molecule has 2 N–H and O–H groups in total. The third-order valence-corrected chi connectivity index (χ3v) is 9.66. The molecule has 3 heterocycles. The van der Waals surface area contributed by atoms with Gasteiger partial charge in [0.2, 0.25) is 0 Å². The number of imide groups is 1. The number of piperidine rings is 1. The van der Waals surface area contributed by atoms with E-state index in [1.54, 1.807) is 18.2 Å². The van der Waals surface area contributed by atoms with Crippen LogP contribution in [0.15, 0.2) is 53.5 Å². The van der Waals surface area contributed by atoms with E-state index in [9.17, 15) is 19.8 Å². The van der Waals surface area contributed by atoms with Crippen molar-refractivity contribution in [1.82, 2.24) is 9.80 Å². The molecule has 2 amide bonds. The Morgan fingerprint density at radius 2 is 2.00 bits per heavy atom. The first-order chi connectivity index (χ1) is 16.8. The molecule has 7 rings (SSSR count). The molecule has 1 unspecified atom stereocenters. The zero-order valence-electron chi connectivity index (χ0n) is 19.3. The van der Waals surface area contributed by atoms with Crippen molar-refractivity contribution >= 4 is 23.4 Å². The van der Waals surface area contributed by atoms with Crippen molar-refractivity contribution in [3.63, 3.8) is 0 Å². The molecule has 1 aromatic rings. The smallest absolute Gasteiger partial charge is 0.261 e. The van der Waals surface area contributed by atoms with Crippen LogP contribution in [0, 0.1) is 5.41 Å². The Morgan fingerprint density at radius 3 is 2.80 bits per heavy atom. The van der Waals surface area contributed by atoms with Gasteiger partial charge in [0, 0.05) is 29.6 Å². The SMILES string of the molecule is C=CCN1CC[C@]23C4=C5CCC(O)=C4O[C@H]2[C@H](N2C(=O)c4ccc(Cl)cc4C2=O)CCC3(O)[C@H]1C5. The lowest BCUT2D eigenvalue weighted by atomic mass is 9.47. The van der Waals surface area contributed by atoms with E-state index in [0.717, 1.165) is 25.0 Å². The lowest BCUT2D eigenvalue weighted by molar-refractivity contribution is -0.216. The molecule has 7 nitrogen and oxygen atoms in total. The average Bonchev–Trinajstić information content (AvgIpc) is 3.30. The third-order valence-electron chi connectivity index (χ3n) is 9.43. The molecular weight excluding hydrogens is 468 g/mol. The van der Waals surface area contributed by atoms with Gasteiger partial charge in [-0.2, -0.15) is 0 Å². The van der Waals surface area contributed by atoms with Gasteiger partial charge in [0.15, 0.2) is 5.76 Å². The summed E-state index contributed by atoms with van der Waals surface area (Å²) >= 11 is 6.14. The van der Waals surface area contributed by atoms with Crippen molar-refractivity contribution in [2.45, 2.75) is 62.3 Å². The Balaban J connectivity index is 1.38. The van der Waals surface area contributed by atoms with E-state index < -0.39 is 23.2 Å². The van der Waals surface area contributed by atoms with Gasteiger partial charge in [-0.1, -0.05) is 23.3 Å². The minimum atomic E-state index is -1.09. The number of carbonyl (C=O) groups is 2. The zero-order valence-corrected chi connectivity index (χ0v) is 20.1. The van der Waals surface area contributed by atoms with Crippen LogP contribution in [0.25, 0.3) is 0 Å². The molecule has 1 spiro atoms. The van der Waals surface area contributed by atoms with E-state index in [4.69, 9.17) is 16.3 Å². The molecule has 6 aliphatic rings. The number of fused-ring (bicyclic) bond motifs is 1.